The van der Waals surface area contributed by atoms with Crippen LogP contribution in [0.5, 0.6) is 0 Å². The summed E-state index contributed by atoms with van der Waals surface area (Å²) in [5.41, 5.74) is -0.0153. The van der Waals surface area contributed by atoms with E-state index >= 15 is 0 Å². The number of nitrogens with one attached hydrogen (secondary N) is 1. The van der Waals surface area contributed by atoms with E-state index in [1.54, 1.807) is 7.05 Å². The summed E-state index contributed by atoms with van der Waals surface area (Å²) in [6.45, 7) is 6.27. The highest BCUT2D eigenvalue weighted by atomic mass is 16.2. The van der Waals surface area contributed by atoms with Gasteiger partial charge in [-0.05, 0) is 6.42 Å². The molecule has 0 saturated carbocycles. The first kappa shape index (κ1) is 13.6. The van der Waals surface area contributed by atoms with Crippen LogP contribution >= 0.6 is 0 Å². The van der Waals surface area contributed by atoms with Crippen LogP contribution in [0.15, 0.2) is 9.59 Å². The maximum Gasteiger partial charge on any atom is 0.332 e. The van der Waals surface area contributed by atoms with Crippen LogP contribution in [0, 0.1) is 0 Å². The van der Waals surface area contributed by atoms with Crippen molar-refractivity contribution < 1.29 is 0 Å². The van der Waals surface area contributed by atoms with Gasteiger partial charge in [0.2, 0.25) is 0 Å². The van der Waals surface area contributed by atoms with Crippen LogP contribution in [-0.4, -0.2) is 19.1 Å². The van der Waals surface area contributed by atoms with Gasteiger partial charge < -0.3 is 4.98 Å². The van der Waals surface area contributed by atoms with Crippen molar-refractivity contribution in [3.05, 3.63) is 26.7 Å². The molecule has 0 spiro atoms. The first-order valence-electron chi connectivity index (χ1n) is 6.45. The van der Waals surface area contributed by atoms with Crippen molar-refractivity contribution in [3.8, 4) is 0 Å². The predicted molar refractivity (Wildman–Crippen MR) is 74.5 cm³/mol. The lowest BCUT2D eigenvalue weighted by molar-refractivity contribution is 0.449. The molecule has 0 fully saturated rings. The molecule has 0 aliphatic rings. The normalized spacial score (nSPS) is 12.3. The van der Waals surface area contributed by atoms with Gasteiger partial charge in [-0.25, -0.2) is 9.78 Å². The van der Waals surface area contributed by atoms with Gasteiger partial charge in [-0.15, -0.1) is 0 Å². The molecule has 0 atom stereocenters. The molecular formula is C13H20N4O2. The summed E-state index contributed by atoms with van der Waals surface area (Å²) in [5.74, 6) is 0.752. The Hall–Kier alpha value is -1.85. The van der Waals surface area contributed by atoms with Crippen LogP contribution in [0.25, 0.3) is 11.2 Å². The Morgan fingerprint density at radius 1 is 1.21 bits per heavy atom. The highest BCUT2D eigenvalue weighted by molar-refractivity contribution is 5.70. The van der Waals surface area contributed by atoms with Gasteiger partial charge in [0.15, 0.2) is 5.65 Å². The molecule has 0 aromatic carbocycles. The minimum atomic E-state index is -0.358. The van der Waals surface area contributed by atoms with Crippen molar-refractivity contribution in [3.63, 3.8) is 0 Å². The molecule has 6 nitrogen and oxygen atoms in total. The molecule has 1 N–H and O–H groups in total. The highest BCUT2D eigenvalue weighted by Gasteiger charge is 2.25. The number of imidazole rings is 1. The quantitative estimate of drug-likeness (QED) is 0.900. The van der Waals surface area contributed by atoms with E-state index in [0.29, 0.717) is 11.2 Å². The van der Waals surface area contributed by atoms with Gasteiger partial charge in [0, 0.05) is 19.5 Å². The Morgan fingerprint density at radius 3 is 2.42 bits per heavy atom. The van der Waals surface area contributed by atoms with Gasteiger partial charge in [-0.2, -0.15) is 0 Å². The monoisotopic (exact) mass is 264 g/mol. The van der Waals surface area contributed by atoms with Gasteiger partial charge in [0.25, 0.3) is 5.56 Å². The SMILES string of the molecule is CCCC(C)(C)c1nc2c([nH]1)c(=O)n(C)c(=O)n2C. The lowest BCUT2D eigenvalue weighted by Crippen LogP contribution is -2.36. The van der Waals surface area contributed by atoms with E-state index in [0.717, 1.165) is 23.2 Å². The molecule has 0 radical (unpaired) electrons. The minimum absolute atomic E-state index is 0.144. The van der Waals surface area contributed by atoms with E-state index in [1.165, 1.54) is 11.6 Å². The number of aryl methyl sites for hydroxylation is 1. The van der Waals surface area contributed by atoms with Crippen molar-refractivity contribution in [2.45, 2.75) is 39.0 Å². The third-order valence-corrected chi connectivity index (χ3v) is 3.61. The van der Waals surface area contributed by atoms with Crippen LogP contribution in [-0.2, 0) is 19.5 Å². The zero-order chi connectivity index (χ0) is 14.4. The Bertz CT molecular complexity index is 733. The number of hydrogen-bond donors (Lipinski definition) is 1. The molecule has 104 valence electrons. The number of rotatable bonds is 3. The Balaban J connectivity index is 2.78. The fraction of sp³-hybridized carbons (Fsp3) is 0.615. The summed E-state index contributed by atoms with van der Waals surface area (Å²) in [5, 5.41) is 0. The minimum Gasteiger partial charge on any atom is -0.336 e. The molecule has 0 aliphatic carbocycles. The van der Waals surface area contributed by atoms with Crippen LogP contribution in [0.2, 0.25) is 0 Å². The molecule has 0 bridgehead atoms. The second-order valence-electron chi connectivity index (χ2n) is 5.62. The lowest BCUT2D eigenvalue weighted by atomic mass is 9.87. The number of hydrogen-bond acceptors (Lipinski definition) is 3. The predicted octanol–water partition coefficient (Wildman–Crippen LogP) is 1.04. The van der Waals surface area contributed by atoms with Crippen molar-refractivity contribution in [2.75, 3.05) is 0 Å². The second-order valence-corrected chi connectivity index (χ2v) is 5.62. The smallest absolute Gasteiger partial charge is 0.332 e. The summed E-state index contributed by atoms with van der Waals surface area (Å²) >= 11 is 0. The van der Waals surface area contributed by atoms with Crippen molar-refractivity contribution in [1.82, 2.24) is 19.1 Å². The van der Waals surface area contributed by atoms with Crippen molar-refractivity contribution in [1.29, 1.82) is 0 Å². The third-order valence-electron chi connectivity index (χ3n) is 3.61. The first-order chi connectivity index (χ1) is 8.79. The maximum atomic E-state index is 12.1. The Labute approximate surface area is 111 Å². The largest absolute Gasteiger partial charge is 0.336 e. The third kappa shape index (κ3) is 2.01. The highest BCUT2D eigenvalue weighted by Crippen LogP contribution is 2.26. The molecule has 19 heavy (non-hydrogen) atoms. The fourth-order valence-electron chi connectivity index (χ4n) is 2.39. The van der Waals surface area contributed by atoms with Gasteiger partial charge in [-0.1, -0.05) is 27.2 Å². The molecule has 2 aromatic heterocycles. The average molecular weight is 264 g/mol. The van der Waals surface area contributed by atoms with Gasteiger partial charge >= 0.3 is 5.69 Å². The van der Waals surface area contributed by atoms with Crippen LogP contribution in [0.1, 0.15) is 39.4 Å². The van der Waals surface area contributed by atoms with Crippen LogP contribution in [0.3, 0.4) is 0 Å². The van der Waals surface area contributed by atoms with E-state index < -0.39 is 0 Å². The average Bonchev–Trinajstić information content (AvgIpc) is 2.79. The summed E-state index contributed by atoms with van der Waals surface area (Å²) in [6, 6.07) is 0. The molecule has 0 saturated heterocycles. The van der Waals surface area contributed by atoms with Crippen molar-refractivity contribution >= 4 is 11.2 Å². The first-order valence-corrected chi connectivity index (χ1v) is 6.45. The van der Waals surface area contributed by atoms with Gasteiger partial charge in [0.05, 0.1) is 0 Å². The summed E-state index contributed by atoms with van der Waals surface area (Å²) < 4.78 is 2.50. The topological polar surface area (TPSA) is 72.7 Å². The summed E-state index contributed by atoms with van der Waals surface area (Å²) in [7, 11) is 3.10. The fourth-order valence-corrected chi connectivity index (χ4v) is 2.39. The Kier molecular flexibility index (Phi) is 3.12. The van der Waals surface area contributed by atoms with E-state index in [-0.39, 0.29) is 16.7 Å². The number of nitrogens with zero attached hydrogens (tertiary/aromatic N) is 3. The molecule has 0 unspecified atom stereocenters. The number of fused-ring (bicyclic) bond motifs is 1. The Morgan fingerprint density at radius 2 is 1.84 bits per heavy atom. The molecule has 2 heterocycles. The van der Waals surface area contributed by atoms with E-state index in [9.17, 15) is 9.59 Å². The molecule has 2 rings (SSSR count). The zero-order valence-electron chi connectivity index (χ0n) is 12.1. The molecular weight excluding hydrogens is 244 g/mol. The van der Waals surface area contributed by atoms with Crippen LogP contribution in [0.4, 0.5) is 0 Å². The van der Waals surface area contributed by atoms with Gasteiger partial charge in [-0.3, -0.25) is 13.9 Å². The summed E-state index contributed by atoms with van der Waals surface area (Å²) in [6.07, 6.45) is 1.99. The van der Waals surface area contributed by atoms with E-state index in [4.69, 9.17) is 0 Å². The standard InChI is InChI=1S/C13H20N4O2/c1-6-7-13(2,3)11-14-8-9(15-11)16(4)12(19)17(5)10(8)18/h6-7H2,1-5H3,(H,14,15). The zero-order valence-corrected chi connectivity index (χ0v) is 12.1. The maximum absolute atomic E-state index is 12.1. The summed E-state index contributed by atoms with van der Waals surface area (Å²) in [4.78, 5) is 31.5. The number of aromatic nitrogens is 4. The second kappa shape index (κ2) is 4.36. The van der Waals surface area contributed by atoms with E-state index in [1.807, 2.05) is 0 Å². The molecule has 2 aromatic rings. The number of H-pyrrole nitrogens is 1. The van der Waals surface area contributed by atoms with Gasteiger partial charge in [0.1, 0.15) is 11.3 Å². The molecule has 0 aliphatic heterocycles. The molecule has 6 heteroatoms. The number of aromatic amines is 1. The van der Waals surface area contributed by atoms with E-state index in [2.05, 4.69) is 30.7 Å². The van der Waals surface area contributed by atoms with Crippen molar-refractivity contribution in [2.24, 2.45) is 14.1 Å². The van der Waals surface area contributed by atoms with Crippen LogP contribution < -0.4 is 11.2 Å². The lowest BCUT2D eigenvalue weighted by Gasteiger charge is -2.20. The molecule has 0 amide bonds.